The van der Waals surface area contributed by atoms with Crippen molar-refractivity contribution < 1.29 is 14.0 Å². The molecule has 0 heterocycles. The maximum absolute atomic E-state index is 14.4. The molecule has 1 unspecified atom stereocenters. The molecule has 3 rings (SSSR count). The molecular formula is C25H23Cl2FN2O2. The highest BCUT2D eigenvalue weighted by molar-refractivity contribution is 6.31. The molecule has 1 N–H and O–H groups in total. The molecule has 7 heteroatoms. The Kier molecular flexibility index (Phi) is 8.26. The summed E-state index contributed by atoms with van der Waals surface area (Å²) in [6.07, 6.45) is 0.0478. The van der Waals surface area contributed by atoms with Gasteiger partial charge in [-0.3, -0.25) is 9.59 Å². The Morgan fingerprint density at radius 1 is 0.938 bits per heavy atom. The summed E-state index contributed by atoms with van der Waals surface area (Å²) in [5.41, 5.74) is 1.80. The van der Waals surface area contributed by atoms with Gasteiger partial charge in [-0.05, 0) is 35.4 Å². The highest BCUT2D eigenvalue weighted by atomic mass is 35.5. The van der Waals surface area contributed by atoms with Crippen molar-refractivity contribution in [1.29, 1.82) is 0 Å². The van der Waals surface area contributed by atoms with Gasteiger partial charge in [-0.1, -0.05) is 71.7 Å². The van der Waals surface area contributed by atoms with Crippen LogP contribution in [-0.4, -0.2) is 29.8 Å². The summed E-state index contributed by atoms with van der Waals surface area (Å²) in [4.78, 5) is 27.8. The normalized spacial score (nSPS) is 11.6. The molecule has 166 valence electrons. The summed E-state index contributed by atoms with van der Waals surface area (Å²) in [6, 6.07) is 20.0. The van der Waals surface area contributed by atoms with E-state index in [0.717, 1.165) is 11.1 Å². The minimum Gasteiger partial charge on any atom is -0.357 e. The molecule has 0 saturated heterocycles. The van der Waals surface area contributed by atoms with Crippen LogP contribution in [0.15, 0.2) is 72.8 Å². The molecule has 2 amide bonds. The van der Waals surface area contributed by atoms with Crippen molar-refractivity contribution in [3.05, 3.63) is 105 Å². The summed E-state index contributed by atoms with van der Waals surface area (Å²) in [5.74, 6) is -1.27. The van der Waals surface area contributed by atoms with Crippen LogP contribution in [0.25, 0.3) is 0 Å². The van der Waals surface area contributed by atoms with Gasteiger partial charge in [-0.2, -0.15) is 0 Å². The van der Waals surface area contributed by atoms with E-state index in [1.54, 1.807) is 24.3 Å². The Morgan fingerprint density at radius 2 is 1.62 bits per heavy atom. The van der Waals surface area contributed by atoms with Crippen LogP contribution in [0.3, 0.4) is 0 Å². The van der Waals surface area contributed by atoms with E-state index >= 15 is 0 Å². The van der Waals surface area contributed by atoms with Gasteiger partial charge in [0.15, 0.2) is 0 Å². The van der Waals surface area contributed by atoms with E-state index in [0.29, 0.717) is 11.4 Å². The van der Waals surface area contributed by atoms with Crippen LogP contribution in [0.2, 0.25) is 10.0 Å². The number of hydrogen-bond donors (Lipinski definition) is 1. The molecule has 0 bridgehead atoms. The number of rotatable bonds is 8. The molecule has 0 saturated carbocycles. The Labute approximate surface area is 197 Å². The van der Waals surface area contributed by atoms with E-state index in [-0.39, 0.29) is 29.5 Å². The fourth-order valence-corrected chi connectivity index (χ4v) is 3.82. The van der Waals surface area contributed by atoms with E-state index in [1.165, 1.54) is 30.1 Å². The number of carbonyl (C=O) groups excluding carboxylic acids is 2. The second kappa shape index (κ2) is 11.1. The fraction of sp³-hybridized carbons (Fsp3) is 0.200. The van der Waals surface area contributed by atoms with E-state index in [9.17, 15) is 14.0 Å². The second-order valence-electron chi connectivity index (χ2n) is 7.34. The van der Waals surface area contributed by atoms with Gasteiger partial charge in [0.05, 0.1) is 6.42 Å². The van der Waals surface area contributed by atoms with Crippen molar-refractivity contribution in [2.24, 2.45) is 0 Å². The van der Waals surface area contributed by atoms with Gasteiger partial charge >= 0.3 is 0 Å². The summed E-state index contributed by atoms with van der Waals surface area (Å²) in [5, 5.41) is 3.39. The Balaban J connectivity index is 1.97. The van der Waals surface area contributed by atoms with Crippen molar-refractivity contribution in [3.63, 3.8) is 0 Å². The number of benzene rings is 3. The summed E-state index contributed by atoms with van der Waals surface area (Å²) >= 11 is 12.1. The number of hydrogen-bond acceptors (Lipinski definition) is 2. The summed E-state index contributed by atoms with van der Waals surface area (Å²) in [7, 11) is 1.53. The molecule has 0 aliphatic heterocycles. The predicted molar refractivity (Wildman–Crippen MR) is 125 cm³/mol. The van der Waals surface area contributed by atoms with Gasteiger partial charge in [0, 0.05) is 35.6 Å². The zero-order chi connectivity index (χ0) is 23.1. The molecule has 1 atom stereocenters. The lowest BCUT2D eigenvalue weighted by molar-refractivity contribution is -0.140. The maximum Gasteiger partial charge on any atom is 0.242 e. The molecule has 0 aromatic heterocycles. The van der Waals surface area contributed by atoms with Crippen LogP contribution in [0.5, 0.6) is 0 Å². The fourth-order valence-electron chi connectivity index (χ4n) is 3.46. The first-order chi connectivity index (χ1) is 15.4. The number of carbonyl (C=O) groups is 2. The van der Waals surface area contributed by atoms with Crippen molar-refractivity contribution in [2.75, 3.05) is 7.05 Å². The van der Waals surface area contributed by atoms with Crippen LogP contribution in [0.4, 0.5) is 4.39 Å². The smallest absolute Gasteiger partial charge is 0.242 e. The first-order valence-electron chi connectivity index (χ1n) is 10.1. The van der Waals surface area contributed by atoms with Crippen molar-refractivity contribution in [1.82, 2.24) is 10.2 Å². The average Bonchev–Trinajstić information content (AvgIpc) is 2.80. The number of halogens is 3. The first-order valence-corrected chi connectivity index (χ1v) is 10.9. The minimum atomic E-state index is -0.795. The van der Waals surface area contributed by atoms with Gasteiger partial charge in [0.2, 0.25) is 11.8 Å². The largest absolute Gasteiger partial charge is 0.357 e. The SMILES string of the molecule is CNC(=O)C(Cc1ccccc1)N(Cc1ccc(Cl)cc1)C(=O)Cc1c(F)cccc1Cl. The number of amides is 2. The summed E-state index contributed by atoms with van der Waals surface area (Å²) < 4.78 is 14.4. The van der Waals surface area contributed by atoms with E-state index in [4.69, 9.17) is 23.2 Å². The van der Waals surface area contributed by atoms with Gasteiger partial charge < -0.3 is 10.2 Å². The molecule has 0 fully saturated rings. The molecule has 3 aromatic carbocycles. The van der Waals surface area contributed by atoms with Crippen molar-refractivity contribution in [3.8, 4) is 0 Å². The molecule has 4 nitrogen and oxygen atoms in total. The van der Waals surface area contributed by atoms with Gasteiger partial charge in [-0.25, -0.2) is 4.39 Å². The Hall–Kier alpha value is -2.89. The number of likely N-dealkylation sites (N-methyl/N-ethyl adjacent to an activating group) is 1. The third kappa shape index (κ3) is 6.09. The lowest BCUT2D eigenvalue weighted by Crippen LogP contribution is -2.50. The summed E-state index contributed by atoms with van der Waals surface area (Å²) in [6.45, 7) is 0.160. The van der Waals surface area contributed by atoms with Gasteiger partial charge in [0.1, 0.15) is 11.9 Å². The van der Waals surface area contributed by atoms with E-state index in [2.05, 4.69) is 5.32 Å². The molecule has 3 aromatic rings. The quantitative estimate of drug-likeness (QED) is 0.497. The molecule has 0 aliphatic rings. The highest BCUT2D eigenvalue weighted by Crippen LogP contribution is 2.23. The molecule has 0 radical (unpaired) electrons. The molecule has 32 heavy (non-hydrogen) atoms. The Morgan fingerprint density at radius 3 is 2.25 bits per heavy atom. The van der Waals surface area contributed by atoms with Crippen LogP contribution in [0, 0.1) is 5.82 Å². The van der Waals surface area contributed by atoms with Crippen molar-refractivity contribution >= 4 is 35.0 Å². The zero-order valence-electron chi connectivity index (χ0n) is 17.5. The third-order valence-electron chi connectivity index (χ3n) is 5.17. The van der Waals surface area contributed by atoms with E-state index in [1.807, 2.05) is 30.3 Å². The first kappa shape index (κ1) is 23.8. The van der Waals surface area contributed by atoms with E-state index < -0.39 is 17.8 Å². The minimum absolute atomic E-state index is 0.107. The maximum atomic E-state index is 14.4. The predicted octanol–water partition coefficient (Wildman–Crippen LogP) is 5.06. The lowest BCUT2D eigenvalue weighted by atomic mass is 10.0. The monoisotopic (exact) mass is 472 g/mol. The van der Waals surface area contributed by atoms with Crippen LogP contribution >= 0.6 is 23.2 Å². The topological polar surface area (TPSA) is 49.4 Å². The standard InChI is InChI=1S/C25H23Cl2FN2O2/c1-29-25(32)23(14-17-6-3-2-4-7-17)30(16-18-10-12-19(26)13-11-18)24(31)15-20-21(27)8-5-9-22(20)28/h2-13,23H,14-16H2,1H3,(H,29,32). The average molecular weight is 473 g/mol. The number of nitrogens with one attached hydrogen (secondary N) is 1. The Bertz CT molecular complexity index is 1050. The number of nitrogens with zero attached hydrogens (tertiary/aromatic N) is 1. The van der Waals surface area contributed by atoms with Crippen LogP contribution in [0.1, 0.15) is 16.7 Å². The third-order valence-corrected chi connectivity index (χ3v) is 5.78. The second-order valence-corrected chi connectivity index (χ2v) is 8.19. The zero-order valence-corrected chi connectivity index (χ0v) is 19.0. The van der Waals surface area contributed by atoms with Crippen LogP contribution in [-0.2, 0) is 29.0 Å². The lowest BCUT2D eigenvalue weighted by Gasteiger charge is -2.31. The van der Waals surface area contributed by atoms with Crippen LogP contribution < -0.4 is 5.32 Å². The molecule has 0 aliphatic carbocycles. The highest BCUT2D eigenvalue weighted by Gasteiger charge is 2.30. The van der Waals surface area contributed by atoms with Gasteiger partial charge in [0.25, 0.3) is 0 Å². The molecular weight excluding hydrogens is 450 g/mol. The molecule has 0 spiro atoms. The van der Waals surface area contributed by atoms with Gasteiger partial charge in [-0.15, -0.1) is 0 Å². The van der Waals surface area contributed by atoms with Crippen molar-refractivity contribution in [2.45, 2.75) is 25.4 Å².